The molecule has 0 radical (unpaired) electrons. The molecule has 278 valence electrons. The third-order valence-electron chi connectivity index (χ3n) is 8.15. The van der Waals surface area contributed by atoms with Crippen LogP contribution in [0.25, 0.3) is 28.4 Å². The molecule has 1 heterocycles. The van der Waals surface area contributed by atoms with E-state index in [1.165, 1.54) is 42.7 Å². The molecule has 0 saturated carbocycles. The number of fused-ring (bicyclic) bond motifs is 1. The minimum absolute atomic E-state index is 0.0271. The van der Waals surface area contributed by atoms with Crippen molar-refractivity contribution >= 4 is 28.6 Å². The van der Waals surface area contributed by atoms with Gasteiger partial charge in [0.25, 0.3) is 5.91 Å². The highest BCUT2D eigenvalue weighted by Gasteiger charge is 2.24. The number of carbonyl (C=O) groups excluding carboxylic acids is 1. The summed E-state index contributed by atoms with van der Waals surface area (Å²) in [5, 5.41) is 2.96. The van der Waals surface area contributed by atoms with Gasteiger partial charge < -0.3 is 53.4 Å². The number of benzene rings is 4. The molecule has 0 bridgehead atoms. The number of nitrogens with two attached hydrogens (primary N) is 1. The fourth-order valence-electron chi connectivity index (χ4n) is 5.45. The highest BCUT2D eigenvalue weighted by Crippen LogP contribution is 2.44. The van der Waals surface area contributed by atoms with Crippen LogP contribution in [0.3, 0.4) is 0 Å². The number of aryl methyl sites for hydroxylation is 1. The molecule has 1 aromatic heterocycles. The van der Waals surface area contributed by atoms with Crippen molar-refractivity contribution in [3.8, 4) is 57.3 Å². The average molecular weight is 727 g/mol. The summed E-state index contributed by atoms with van der Waals surface area (Å²) in [6.07, 6.45) is 1.93. The standard InChI is InChI=1S/C40H42N2O11/c1-23-9-12-26(13-10-23)42-40(44)28(41)17-24-11-14-29(30(18-24)46-3)51-15-8-16-52-39-36(43)35-31(47-4)21-27(45-2)22-32(35)53-37(39)25-19-33(48-5)38(50-7)34(20-25)49-6/h9-14,17-22H,8,15-16,41H2,1-7H3,(H,42,44)/b28-17+. The van der Waals surface area contributed by atoms with Gasteiger partial charge in [-0.05, 0) is 55.0 Å². The molecule has 4 aromatic carbocycles. The maximum absolute atomic E-state index is 14.1. The molecule has 0 spiro atoms. The zero-order valence-corrected chi connectivity index (χ0v) is 30.6. The largest absolute Gasteiger partial charge is 0.496 e. The SMILES string of the molecule is COc1cc(OC)c2c(=O)c(OCCCOc3ccc(/C=C(/N)C(=O)Nc4ccc(C)cc4)cc3OC)c(-c3cc(OC)c(OC)c(OC)c3)oc2c1. The van der Waals surface area contributed by atoms with Crippen LogP contribution in [0.5, 0.6) is 46.0 Å². The van der Waals surface area contributed by atoms with Crippen LogP contribution >= 0.6 is 0 Å². The predicted octanol–water partition coefficient (Wildman–Crippen LogP) is 6.61. The van der Waals surface area contributed by atoms with Gasteiger partial charge in [-0.1, -0.05) is 23.8 Å². The topological polar surface area (TPSA) is 159 Å². The minimum Gasteiger partial charge on any atom is -0.496 e. The van der Waals surface area contributed by atoms with Gasteiger partial charge in [-0.2, -0.15) is 0 Å². The normalized spacial score (nSPS) is 11.1. The Labute approximate surface area is 306 Å². The van der Waals surface area contributed by atoms with Crippen molar-refractivity contribution in [1.82, 2.24) is 0 Å². The number of ether oxygens (including phenoxy) is 8. The van der Waals surface area contributed by atoms with E-state index in [0.29, 0.717) is 57.7 Å². The lowest BCUT2D eigenvalue weighted by Gasteiger charge is -2.17. The zero-order chi connectivity index (χ0) is 38.1. The van der Waals surface area contributed by atoms with E-state index in [4.69, 9.17) is 48.0 Å². The van der Waals surface area contributed by atoms with Gasteiger partial charge in [0.05, 0.1) is 61.6 Å². The van der Waals surface area contributed by atoms with Crippen LogP contribution in [0.4, 0.5) is 5.69 Å². The summed E-state index contributed by atoms with van der Waals surface area (Å²) in [5.74, 6) is 2.34. The summed E-state index contributed by atoms with van der Waals surface area (Å²) >= 11 is 0. The Morgan fingerprint density at radius 2 is 1.38 bits per heavy atom. The average Bonchev–Trinajstić information content (AvgIpc) is 3.18. The third-order valence-corrected chi connectivity index (χ3v) is 8.15. The number of anilines is 1. The summed E-state index contributed by atoms with van der Waals surface area (Å²) in [7, 11) is 8.95. The Kier molecular flexibility index (Phi) is 12.2. The van der Waals surface area contributed by atoms with Crippen LogP contribution in [0.2, 0.25) is 0 Å². The van der Waals surface area contributed by atoms with E-state index >= 15 is 0 Å². The maximum atomic E-state index is 14.1. The first-order valence-electron chi connectivity index (χ1n) is 16.5. The molecule has 1 amide bonds. The van der Waals surface area contributed by atoms with Crippen LogP contribution in [-0.2, 0) is 4.79 Å². The molecule has 0 aliphatic carbocycles. The molecule has 0 saturated heterocycles. The van der Waals surface area contributed by atoms with Crippen molar-refractivity contribution in [1.29, 1.82) is 0 Å². The van der Waals surface area contributed by atoms with E-state index in [9.17, 15) is 9.59 Å². The summed E-state index contributed by atoms with van der Waals surface area (Å²) in [4.78, 5) is 26.7. The lowest BCUT2D eigenvalue weighted by atomic mass is 10.1. The number of methoxy groups -OCH3 is 6. The Morgan fingerprint density at radius 1 is 0.717 bits per heavy atom. The van der Waals surface area contributed by atoms with Crippen LogP contribution in [0.1, 0.15) is 17.5 Å². The smallest absolute Gasteiger partial charge is 0.271 e. The number of nitrogens with one attached hydrogen (secondary N) is 1. The van der Waals surface area contributed by atoms with Gasteiger partial charge in [-0.25, -0.2) is 0 Å². The van der Waals surface area contributed by atoms with E-state index in [1.807, 2.05) is 19.1 Å². The molecule has 0 aliphatic heterocycles. The molecular formula is C40H42N2O11. The second-order valence-electron chi connectivity index (χ2n) is 11.6. The monoisotopic (exact) mass is 726 g/mol. The van der Waals surface area contributed by atoms with E-state index < -0.39 is 11.3 Å². The van der Waals surface area contributed by atoms with Crippen LogP contribution in [0.15, 0.2) is 81.6 Å². The molecule has 0 unspecified atom stereocenters. The van der Waals surface area contributed by atoms with Gasteiger partial charge in [0.2, 0.25) is 16.9 Å². The molecule has 0 atom stereocenters. The van der Waals surface area contributed by atoms with Crippen LogP contribution < -0.4 is 54.4 Å². The third kappa shape index (κ3) is 8.52. The van der Waals surface area contributed by atoms with Crippen molar-refractivity contribution in [2.75, 3.05) is 61.2 Å². The Hall–Kier alpha value is -6.50. The van der Waals surface area contributed by atoms with Gasteiger partial charge in [0.15, 0.2) is 28.8 Å². The van der Waals surface area contributed by atoms with E-state index in [-0.39, 0.29) is 47.1 Å². The maximum Gasteiger partial charge on any atom is 0.271 e. The van der Waals surface area contributed by atoms with Gasteiger partial charge in [0.1, 0.15) is 22.5 Å². The number of hydrogen-bond acceptors (Lipinski definition) is 12. The van der Waals surface area contributed by atoms with E-state index in [0.717, 1.165) is 5.56 Å². The van der Waals surface area contributed by atoms with Crippen LogP contribution in [-0.4, -0.2) is 61.8 Å². The number of rotatable bonds is 16. The number of hydrogen-bond donors (Lipinski definition) is 2. The molecule has 5 rings (SSSR count). The number of carbonyl (C=O) groups is 1. The summed E-state index contributed by atoms with van der Waals surface area (Å²) < 4.78 is 51.5. The van der Waals surface area contributed by atoms with Crippen molar-refractivity contribution < 1.29 is 47.1 Å². The molecule has 0 fully saturated rings. The number of amides is 1. The van der Waals surface area contributed by atoms with Gasteiger partial charge in [-0.3, -0.25) is 9.59 Å². The van der Waals surface area contributed by atoms with E-state index in [2.05, 4.69) is 5.32 Å². The van der Waals surface area contributed by atoms with Crippen LogP contribution in [0, 0.1) is 6.92 Å². The molecule has 53 heavy (non-hydrogen) atoms. The van der Waals surface area contributed by atoms with Crippen molar-refractivity contribution in [3.63, 3.8) is 0 Å². The van der Waals surface area contributed by atoms with Gasteiger partial charge in [0, 0.05) is 29.8 Å². The fourth-order valence-corrected chi connectivity index (χ4v) is 5.45. The summed E-state index contributed by atoms with van der Waals surface area (Å²) in [6, 6.07) is 19.1. The molecule has 0 aliphatic rings. The van der Waals surface area contributed by atoms with E-state index in [1.54, 1.807) is 60.7 Å². The first kappa shape index (κ1) is 37.7. The molecular weight excluding hydrogens is 684 g/mol. The van der Waals surface area contributed by atoms with Crippen molar-refractivity contribution in [2.24, 2.45) is 5.73 Å². The molecule has 3 N–H and O–H groups in total. The lowest BCUT2D eigenvalue weighted by Crippen LogP contribution is -2.19. The second kappa shape index (κ2) is 17.1. The first-order chi connectivity index (χ1) is 25.6. The fraction of sp³-hybridized carbons (Fsp3) is 0.250. The first-order valence-corrected chi connectivity index (χ1v) is 16.5. The highest BCUT2D eigenvalue weighted by atomic mass is 16.5. The predicted molar refractivity (Wildman–Crippen MR) is 201 cm³/mol. The summed E-state index contributed by atoms with van der Waals surface area (Å²) in [6.45, 7) is 2.26. The summed E-state index contributed by atoms with van der Waals surface area (Å²) in [5.41, 5.74) is 8.69. The molecule has 13 nitrogen and oxygen atoms in total. The highest BCUT2D eigenvalue weighted by molar-refractivity contribution is 6.06. The van der Waals surface area contributed by atoms with Gasteiger partial charge in [-0.15, -0.1) is 0 Å². The Balaban J connectivity index is 1.35. The molecule has 13 heteroatoms. The Morgan fingerprint density at radius 3 is 2.00 bits per heavy atom. The quantitative estimate of drug-likeness (QED) is 0.0830. The lowest BCUT2D eigenvalue weighted by molar-refractivity contribution is -0.112. The van der Waals surface area contributed by atoms with Crippen molar-refractivity contribution in [3.05, 3.63) is 93.8 Å². The minimum atomic E-state index is -0.451. The zero-order valence-electron chi connectivity index (χ0n) is 30.6. The second-order valence-corrected chi connectivity index (χ2v) is 11.6. The van der Waals surface area contributed by atoms with Crippen molar-refractivity contribution in [2.45, 2.75) is 13.3 Å². The molecule has 5 aromatic rings. The Bertz CT molecular complexity index is 2150. The van der Waals surface area contributed by atoms with Gasteiger partial charge >= 0.3 is 0 Å².